The quantitative estimate of drug-likeness (QED) is 0.531. The number of nitrogens with zero attached hydrogens (tertiary/aromatic N) is 6. The number of piperazine rings is 1. The maximum atomic E-state index is 5.42. The van der Waals surface area contributed by atoms with Gasteiger partial charge in [0.25, 0.3) is 0 Å². The molecular weight excluding hydrogens is 360 g/mol. The highest BCUT2D eigenvalue weighted by Crippen LogP contribution is 2.19. The molecule has 0 radical (unpaired) electrons. The molecule has 4 aromatic rings. The van der Waals surface area contributed by atoms with Gasteiger partial charge in [-0.05, 0) is 23.6 Å². The third kappa shape index (κ3) is 3.64. The van der Waals surface area contributed by atoms with Crippen LogP contribution in [-0.2, 0) is 13.1 Å². The van der Waals surface area contributed by atoms with Crippen molar-refractivity contribution in [3.63, 3.8) is 0 Å². The van der Waals surface area contributed by atoms with E-state index in [1.165, 1.54) is 0 Å². The lowest BCUT2D eigenvalue weighted by molar-refractivity contribution is 0.111. The Kier molecular flexibility index (Phi) is 4.44. The Balaban J connectivity index is 1.16. The van der Waals surface area contributed by atoms with Crippen LogP contribution in [0.1, 0.15) is 11.6 Å². The molecule has 0 N–H and O–H groups in total. The van der Waals surface area contributed by atoms with Gasteiger partial charge >= 0.3 is 0 Å². The summed E-state index contributed by atoms with van der Waals surface area (Å²) in [5.41, 5.74) is 3.14. The Bertz CT molecular complexity index is 983. The van der Waals surface area contributed by atoms with Gasteiger partial charge in [0.2, 0.25) is 11.7 Å². The Morgan fingerprint density at radius 1 is 1.00 bits per heavy atom. The Morgan fingerprint density at radius 2 is 1.85 bits per heavy atom. The molecule has 0 atom stereocenters. The smallest absolute Gasteiger partial charge is 0.241 e. The Labute approximate surface area is 160 Å². The van der Waals surface area contributed by atoms with Crippen LogP contribution in [0.15, 0.2) is 51.9 Å². The summed E-state index contributed by atoms with van der Waals surface area (Å²) in [6, 6.07) is 8.10. The van der Waals surface area contributed by atoms with Crippen molar-refractivity contribution in [3.8, 4) is 11.4 Å². The molecule has 5 rings (SSSR count). The average molecular weight is 380 g/mol. The predicted molar refractivity (Wildman–Crippen MR) is 103 cm³/mol. The fourth-order valence-electron chi connectivity index (χ4n) is 3.42. The molecule has 1 aliphatic heterocycles. The molecule has 0 aromatic carbocycles. The number of fused-ring (bicyclic) bond motifs is 1. The normalized spacial score (nSPS) is 16.3. The second kappa shape index (κ2) is 7.22. The van der Waals surface area contributed by atoms with Crippen LogP contribution in [0, 0.1) is 0 Å². The fraction of sp³-hybridized carbons (Fsp3) is 0.316. The molecular formula is C19H20N6OS. The number of imidazole rings is 1. The molecule has 7 nitrogen and oxygen atoms in total. The largest absolute Gasteiger partial charge is 0.338 e. The minimum atomic E-state index is 0.678. The minimum Gasteiger partial charge on any atom is -0.338 e. The van der Waals surface area contributed by atoms with Crippen LogP contribution in [0.25, 0.3) is 17.0 Å². The van der Waals surface area contributed by atoms with Gasteiger partial charge in [-0.25, -0.2) is 4.98 Å². The van der Waals surface area contributed by atoms with Crippen molar-refractivity contribution < 1.29 is 4.52 Å². The van der Waals surface area contributed by atoms with Gasteiger partial charge in [0.15, 0.2) is 0 Å². The van der Waals surface area contributed by atoms with Gasteiger partial charge in [0, 0.05) is 56.1 Å². The first-order chi connectivity index (χ1) is 13.3. The highest BCUT2D eigenvalue weighted by atomic mass is 32.1. The van der Waals surface area contributed by atoms with Crippen LogP contribution in [0.2, 0.25) is 0 Å². The summed E-state index contributed by atoms with van der Waals surface area (Å²) in [7, 11) is 0. The van der Waals surface area contributed by atoms with Crippen molar-refractivity contribution in [1.82, 2.24) is 29.3 Å². The Morgan fingerprint density at radius 3 is 2.63 bits per heavy atom. The predicted octanol–water partition coefficient (Wildman–Crippen LogP) is 2.76. The van der Waals surface area contributed by atoms with Gasteiger partial charge in [0.1, 0.15) is 5.65 Å². The van der Waals surface area contributed by atoms with E-state index in [1.807, 2.05) is 41.2 Å². The van der Waals surface area contributed by atoms with Gasteiger partial charge in [0.05, 0.1) is 12.2 Å². The zero-order chi connectivity index (χ0) is 18.1. The van der Waals surface area contributed by atoms with Crippen molar-refractivity contribution >= 4 is 17.0 Å². The van der Waals surface area contributed by atoms with E-state index in [4.69, 9.17) is 9.51 Å². The third-order valence-corrected chi connectivity index (χ3v) is 5.55. The lowest BCUT2D eigenvalue weighted by atomic mass is 10.3. The van der Waals surface area contributed by atoms with Gasteiger partial charge in [-0.15, -0.1) is 0 Å². The van der Waals surface area contributed by atoms with Crippen LogP contribution >= 0.6 is 11.3 Å². The molecule has 0 aliphatic carbocycles. The Hall–Kier alpha value is -2.55. The first-order valence-electron chi connectivity index (χ1n) is 9.06. The molecule has 0 bridgehead atoms. The molecule has 0 spiro atoms. The number of rotatable bonds is 5. The van der Waals surface area contributed by atoms with E-state index < -0.39 is 0 Å². The van der Waals surface area contributed by atoms with Crippen molar-refractivity contribution in [1.29, 1.82) is 0 Å². The van der Waals surface area contributed by atoms with Crippen molar-refractivity contribution in [2.24, 2.45) is 0 Å². The molecule has 1 saturated heterocycles. The number of aromatic nitrogens is 4. The third-order valence-electron chi connectivity index (χ3n) is 4.87. The van der Waals surface area contributed by atoms with E-state index in [9.17, 15) is 0 Å². The average Bonchev–Trinajstić information content (AvgIpc) is 3.43. The molecule has 0 saturated carbocycles. The van der Waals surface area contributed by atoms with E-state index in [0.29, 0.717) is 18.3 Å². The monoisotopic (exact) mass is 380 g/mol. The lowest BCUT2D eigenvalue weighted by Crippen LogP contribution is -2.45. The van der Waals surface area contributed by atoms with E-state index in [0.717, 1.165) is 49.6 Å². The maximum Gasteiger partial charge on any atom is 0.241 e. The van der Waals surface area contributed by atoms with E-state index in [1.54, 1.807) is 11.3 Å². The summed E-state index contributed by atoms with van der Waals surface area (Å²) < 4.78 is 7.50. The summed E-state index contributed by atoms with van der Waals surface area (Å²) in [5.74, 6) is 1.36. The molecule has 138 valence electrons. The van der Waals surface area contributed by atoms with Crippen molar-refractivity contribution in [3.05, 3.63) is 59.0 Å². The molecule has 5 heterocycles. The van der Waals surface area contributed by atoms with Crippen molar-refractivity contribution in [2.75, 3.05) is 26.2 Å². The number of hydrogen-bond acceptors (Lipinski definition) is 7. The zero-order valence-corrected chi connectivity index (χ0v) is 15.7. The molecule has 8 heteroatoms. The molecule has 0 amide bonds. The second-order valence-electron chi connectivity index (χ2n) is 6.77. The second-order valence-corrected chi connectivity index (χ2v) is 7.55. The lowest BCUT2D eigenvalue weighted by Gasteiger charge is -2.33. The van der Waals surface area contributed by atoms with Gasteiger partial charge in [-0.1, -0.05) is 11.2 Å². The van der Waals surface area contributed by atoms with Gasteiger partial charge < -0.3 is 8.92 Å². The molecule has 0 unspecified atom stereocenters. The summed E-state index contributed by atoms with van der Waals surface area (Å²) in [5, 5.41) is 8.14. The molecule has 27 heavy (non-hydrogen) atoms. The summed E-state index contributed by atoms with van der Waals surface area (Å²) in [6.07, 6.45) is 4.16. The highest BCUT2D eigenvalue weighted by Gasteiger charge is 2.20. The van der Waals surface area contributed by atoms with Crippen LogP contribution in [0.3, 0.4) is 0 Å². The standard InChI is InChI=1S/C19H20N6OS/c1-2-5-25-12-16(20-17(25)3-1)11-23-6-8-24(9-7-23)13-18-21-19(22-26-18)15-4-10-27-14-15/h1-5,10,12,14H,6-9,11,13H2. The van der Waals surface area contributed by atoms with E-state index in [2.05, 4.69) is 30.5 Å². The van der Waals surface area contributed by atoms with Crippen LogP contribution in [0.5, 0.6) is 0 Å². The van der Waals surface area contributed by atoms with Gasteiger partial charge in [-0.3, -0.25) is 9.80 Å². The highest BCUT2D eigenvalue weighted by molar-refractivity contribution is 7.08. The minimum absolute atomic E-state index is 0.678. The van der Waals surface area contributed by atoms with Gasteiger partial charge in [-0.2, -0.15) is 16.3 Å². The summed E-state index contributed by atoms with van der Waals surface area (Å²) in [6.45, 7) is 5.60. The maximum absolute atomic E-state index is 5.42. The number of hydrogen-bond donors (Lipinski definition) is 0. The number of pyridine rings is 1. The first kappa shape index (κ1) is 16.6. The molecule has 1 fully saturated rings. The summed E-state index contributed by atoms with van der Waals surface area (Å²) in [4.78, 5) is 14.0. The van der Waals surface area contributed by atoms with Crippen LogP contribution in [-0.4, -0.2) is 55.5 Å². The first-order valence-corrected chi connectivity index (χ1v) is 10.0. The van der Waals surface area contributed by atoms with Crippen molar-refractivity contribution in [2.45, 2.75) is 13.1 Å². The van der Waals surface area contributed by atoms with Crippen LogP contribution in [0.4, 0.5) is 0 Å². The summed E-state index contributed by atoms with van der Waals surface area (Å²) >= 11 is 1.64. The topological polar surface area (TPSA) is 62.7 Å². The molecule has 1 aliphatic rings. The van der Waals surface area contributed by atoms with E-state index in [-0.39, 0.29) is 0 Å². The van der Waals surface area contributed by atoms with E-state index >= 15 is 0 Å². The number of thiophene rings is 1. The zero-order valence-electron chi connectivity index (χ0n) is 14.9. The molecule has 4 aromatic heterocycles. The van der Waals surface area contributed by atoms with Crippen LogP contribution < -0.4 is 0 Å². The SMILES string of the molecule is c1ccn2cc(CN3CCN(Cc4nc(-c5ccsc5)no4)CC3)nc2c1. The fourth-order valence-corrected chi connectivity index (χ4v) is 4.05.